The first kappa shape index (κ1) is 16.4. The molecule has 5 heteroatoms. The Kier molecular flexibility index (Phi) is 4.79. The van der Waals surface area contributed by atoms with Crippen LogP contribution in [0.5, 0.6) is 0 Å². The number of carbonyl (C=O) groups is 1. The molecule has 2 aromatic rings. The fraction of sp³-hybridized carbons (Fsp3) is 0.421. The van der Waals surface area contributed by atoms with Gasteiger partial charge in [0.1, 0.15) is 6.04 Å². The third-order valence-electron chi connectivity index (χ3n) is 4.56. The second-order valence-electron chi connectivity index (χ2n) is 6.43. The van der Waals surface area contributed by atoms with E-state index in [1.165, 1.54) is 22.7 Å². The van der Waals surface area contributed by atoms with Crippen molar-refractivity contribution >= 4 is 5.91 Å². The largest absolute Gasteiger partial charge is 0.341 e. The number of hydrogen-bond acceptors (Lipinski definition) is 3. The molecule has 1 saturated heterocycles. The second kappa shape index (κ2) is 6.99. The molecule has 0 saturated carbocycles. The number of aromatic nitrogens is 2. The van der Waals surface area contributed by atoms with Crippen molar-refractivity contribution in [3.8, 4) is 11.3 Å². The quantitative estimate of drug-likeness (QED) is 0.872. The highest BCUT2D eigenvalue weighted by molar-refractivity contribution is 5.80. The fourth-order valence-corrected chi connectivity index (χ4v) is 3.06. The number of piperidine rings is 1. The van der Waals surface area contributed by atoms with E-state index in [2.05, 4.69) is 5.10 Å². The molecule has 3 rings (SSSR count). The Bertz CT molecular complexity index is 774. The zero-order valence-electron chi connectivity index (χ0n) is 14.2. The number of benzene rings is 1. The average molecular weight is 325 g/mol. The standard InChI is InChI=1S/C19H23N3O2/c1-14-6-8-16(9-7-14)17-10-11-18(23)22(20-17)15(2)19(24)21-12-4-3-5-13-21/h6-11,15H,3-5,12-13H2,1-2H3. The molecule has 2 heterocycles. The van der Waals surface area contributed by atoms with Crippen LogP contribution in [0.2, 0.25) is 0 Å². The molecule has 1 aliphatic rings. The van der Waals surface area contributed by atoms with Crippen molar-refractivity contribution in [2.24, 2.45) is 0 Å². The third-order valence-corrected chi connectivity index (χ3v) is 4.56. The van der Waals surface area contributed by atoms with Gasteiger partial charge in [0.05, 0.1) is 5.69 Å². The summed E-state index contributed by atoms with van der Waals surface area (Å²) in [6.07, 6.45) is 3.23. The van der Waals surface area contributed by atoms with Gasteiger partial charge in [0.15, 0.2) is 0 Å². The molecule has 126 valence electrons. The monoisotopic (exact) mass is 325 g/mol. The molecule has 0 bridgehead atoms. The summed E-state index contributed by atoms with van der Waals surface area (Å²) < 4.78 is 1.31. The van der Waals surface area contributed by atoms with Crippen molar-refractivity contribution < 1.29 is 4.79 Å². The Morgan fingerprint density at radius 1 is 1.04 bits per heavy atom. The molecule has 1 fully saturated rings. The van der Waals surface area contributed by atoms with Gasteiger partial charge in [-0.15, -0.1) is 0 Å². The second-order valence-corrected chi connectivity index (χ2v) is 6.43. The molecular formula is C19H23N3O2. The van der Waals surface area contributed by atoms with E-state index in [0.29, 0.717) is 5.69 Å². The van der Waals surface area contributed by atoms with Gasteiger partial charge in [-0.2, -0.15) is 5.10 Å². The lowest BCUT2D eigenvalue weighted by Crippen LogP contribution is -2.42. The lowest BCUT2D eigenvalue weighted by molar-refractivity contribution is -0.135. The summed E-state index contributed by atoms with van der Waals surface area (Å²) >= 11 is 0. The van der Waals surface area contributed by atoms with Crippen LogP contribution in [-0.4, -0.2) is 33.7 Å². The molecule has 0 aliphatic carbocycles. The molecule has 1 amide bonds. The number of carbonyl (C=O) groups excluding carboxylic acids is 1. The van der Waals surface area contributed by atoms with Crippen LogP contribution >= 0.6 is 0 Å². The number of amides is 1. The lowest BCUT2D eigenvalue weighted by Gasteiger charge is -2.29. The molecule has 1 aliphatic heterocycles. The van der Waals surface area contributed by atoms with Gasteiger partial charge in [-0.05, 0) is 39.2 Å². The summed E-state index contributed by atoms with van der Waals surface area (Å²) in [5, 5.41) is 4.44. The first-order chi connectivity index (χ1) is 11.6. The number of aryl methyl sites for hydroxylation is 1. The first-order valence-electron chi connectivity index (χ1n) is 8.52. The predicted octanol–water partition coefficient (Wildman–Crippen LogP) is 2.79. The summed E-state index contributed by atoms with van der Waals surface area (Å²) in [6.45, 7) is 5.33. The van der Waals surface area contributed by atoms with Gasteiger partial charge in [0.25, 0.3) is 5.56 Å². The van der Waals surface area contributed by atoms with Gasteiger partial charge in [0.2, 0.25) is 5.91 Å². The van der Waals surface area contributed by atoms with Crippen molar-refractivity contribution in [3.63, 3.8) is 0 Å². The Morgan fingerprint density at radius 3 is 2.38 bits per heavy atom. The molecule has 24 heavy (non-hydrogen) atoms. The van der Waals surface area contributed by atoms with Crippen molar-refractivity contribution in [2.45, 2.75) is 39.2 Å². The van der Waals surface area contributed by atoms with E-state index in [9.17, 15) is 9.59 Å². The Balaban J connectivity index is 1.89. The van der Waals surface area contributed by atoms with E-state index in [4.69, 9.17) is 0 Å². The van der Waals surface area contributed by atoms with Gasteiger partial charge in [-0.25, -0.2) is 4.68 Å². The molecule has 1 unspecified atom stereocenters. The fourth-order valence-electron chi connectivity index (χ4n) is 3.06. The highest BCUT2D eigenvalue weighted by Gasteiger charge is 2.25. The normalized spacial score (nSPS) is 16.0. The average Bonchev–Trinajstić information content (AvgIpc) is 2.62. The van der Waals surface area contributed by atoms with Gasteiger partial charge < -0.3 is 4.90 Å². The Morgan fingerprint density at radius 2 is 1.71 bits per heavy atom. The van der Waals surface area contributed by atoms with Gasteiger partial charge >= 0.3 is 0 Å². The zero-order chi connectivity index (χ0) is 17.1. The van der Waals surface area contributed by atoms with Crippen LogP contribution in [0.25, 0.3) is 11.3 Å². The minimum atomic E-state index is -0.582. The van der Waals surface area contributed by atoms with E-state index < -0.39 is 6.04 Å². The minimum absolute atomic E-state index is 0.0228. The van der Waals surface area contributed by atoms with Crippen molar-refractivity contribution in [1.82, 2.24) is 14.7 Å². The number of rotatable bonds is 3. The van der Waals surface area contributed by atoms with Crippen molar-refractivity contribution in [1.29, 1.82) is 0 Å². The zero-order valence-corrected chi connectivity index (χ0v) is 14.2. The smallest absolute Gasteiger partial charge is 0.267 e. The van der Waals surface area contributed by atoms with E-state index in [0.717, 1.165) is 31.5 Å². The molecule has 0 spiro atoms. The van der Waals surface area contributed by atoms with Crippen LogP contribution in [0.3, 0.4) is 0 Å². The number of hydrogen-bond donors (Lipinski definition) is 0. The number of likely N-dealkylation sites (tertiary alicyclic amines) is 1. The molecule has 1 aromatic carbocycles. The van der Waals surface area contributed by atoms with Gasteiger partial charge in [0, 0.05) is 24.7 Å². The van der Waals surface area contributed by atoms with E-state index in [1.54, 1.807) is 13.0 Å². The maximum atomic E-state index is 12.7. The minimum Gasteiger partial charge on any atom is -0.341 e. The highest BCUT2D eigenvalue weighted by Crippen LogP contribution is 2.18. The van der Waals surface area contributed by atoms with E-state index in [-0.39, 0.29) is 11.5 Å². The van der Waals surface area contributed by atoms with Crippen LogP contribution in [-0.2, 0) is 4.79 Å². The molecule has 1 aromatic heterocycles. The summed E-state index contributed by atoms with van der Waals surface area (Å²) in [5.41, 5.74) is 2.56. The molecular weight excluding hydrogens is 302 g/mol. The molecule has 1 atom stereocenters. The van der Waals surface area contributed by atoms with Crippen molar-refractivity contribution in [2.75, 3.05) is 13.1 Å². The molecule has 0 radical (unpaired) electrons. The summed E-state index contributed by atoms with van der Waals surface area (Å²) in [5.74, 6) is -0.0228. The molecule has 5 nitrogen and oxygen atoms in total. The topological polar surface area (TPSA) is 55.2 Å². The van der Waals surface area contributed by atoms with E-state index in [1.807, 2.05) is 36.1 Å². The summed E-state index contributed by atoms with van der Waals surface area (Å²) in [4.78, 5) is 26.7. The summed E-state index contributed by atoms with van der Waals surface area (Å²) in [6, 6.07) is 10.6. The van der Waals surface area contributed by atoms with E-state index >= 15 is 0 Å². The van der Waals surface area contributed by atoms with Crippen LogP contribution in [0.1, 0.15) is 37.8 Å². The molecule has 0 N–H and O–H groups in total. The van der Waals surface area contributed by atoms with Crippen molar-refractivity contribution in [3.05, 3.63) is 52.3 Å². The SMILES string of the molecule is Cc1ccc(-c2ccc(=O)n(C(C)C(=O)N3CCCCC3)n2)cc1. The lowest BCUT2D eigenvalue weighted by atomic mass is 10.1. The summed E-state index contributed by atoms with van der Waals surface area (Å²) in [7, 11) is 0. The van der Waals surface area contributed by atoms with Gasteiger partial charge in [-0.3, -0.25) is 9.59 Å². The van der Waals surface area contributed by atoms with Crippen LogP contribution in [0.15, 0.2) is 41.2 Å². The van der Waals surface area contributed by atoms with Gasteiger partial charge in [-0.1, -0.05) is 29.8 Å². The maximum Gasteiger partial charge on any atom is 0.267 e. The van der Waals surface area contributed by atoms with Crippen LogP contribution in [0.4, 0.5) is 0 Å². The highest BCUT2D eigenvalue weighted by atomic mass is 16.2. The van der Waals surface area contributed by atoms with Crippen LogP contribution in [0, 0.1) is 6.92 Å². The maximum absolute atomic E-state index is 12.7. The van der Waals surface area contributed by atoms with Crippen LogP contribution < -0.4 is 5.56 Å². The Hall–Kier alpha value is -2.43. The first-order valence-corrected chi connectivity index (χ1v) is 8.52. The predicted molar refractivity (Wildman–Crippen MR) is 93.8 cm³/mol. The third kappa shape index (κ3) is 3.40. The Labute approximate surface area is 141 Å². The number of nitrogens with zero attached hydrogens (tertiary/aromatic N) is 3.